The summed E-state index contributed by atoms with van der Waals surface area (Å²) in [6.07, 6.45) is -0.160. The number of benzene rings is 1. The number of carbonyl (C=O) groups excluding carboxylic acids is 3. The molecular formula is C25H41N3O6. The molecule has 1 aromatic rings. The molecule has 0 saturated carbocycles. The zero-order valence-electron chi connectivity index (χ0n) is 21.6. The van der Waals surface area contributed by atoms with Crippen LogP contribution in [0.2, 0.25) is 0 Å². The van der Waals surface area contributed by atoms with Crippen molar-refractivity contribution < 1.29 is 29.3 Å². The molecule has 9 nitrogen and oxygen atoms in total. The van der Waals surface area contributed by atoms with Crippen LogP contribution in [0.1, 0.15) is 73.4 Å². The second-order valence-corrected chi connectivity index (χ2v) is 10.5. The maximum absolute atomic E-state index is 13.8. The average molecular weight is 480 g/mol. The third kappa shape index (κ3) is 9.21. The van der Waals surface area contributed by atoms with E-state index >= 15 is 0 Å². The average Bonchev–Trinajstić information content (AvgIpc) is 2.69. The number of aliphatic hydroxyl groups excluding tert-OH is 1. The molecule has 1 aromatic carbocycles. The number of ether oxygens (including phenoxy) is 1. The van der Waals surface area contributed by atoms with Gasteiger partial charge >= 0.3 is 6.09 Å². The summed E-state index contributed by atoms with van der Waals surface area (Å²) in [4.78, 5) is 41.0. The van der Waals surface area contributed by atoms with Crippen molar-refractivity contribution in [2.75, 3.05) is 13.2 Å². The van der Waals surface area contributed by atoms with Crippen LogP contribution in [0.15, 0.2) is 24.3 Å². The van der Waals surface area contributed by atoms with Crippen molar-refractivity contribution >= 4 is 17.9 Å². The molecular weight excluding hydrogens is 438 g/mol. The third-order valence-corrected chi connectivity index (χ3v) is 5.04. The molecule has 0 radical (unpaired) electrons. The van der Waals surface area contributed by atoms with Crippen molar-refractivity contribution in [2.24, 2.45) is 5.92 Å². The van der Waals surface area contributed by atoms with Crippen LogP contribution >= 0.6 is 0 Å². The van der Waals surface area contributed by atoms with E-state index in [1.165, 1.54) is 17.0 Å². The SMILES string of the molecule is CCC(C)C(NC(=O)OC(C)(C)C)C(=O)N(CCO)C(C(=O)NC(C)(C)C)c1ccc(O)cc1. The van der Waals surface area contributed by atoms with E-state index in [9.17, 15) is 24.6 Å². The van der Waals surface area contributed by atoms with E-state index < -0.39 is 41.1 Å². The summed E-state index contributed by atoms with van der Waals surface area (Å²) in [7, 11) is 0. The number of nitrogens with one attached hydrogen (secondary N) is 2. The molecule has 0 bridgehead atoms. The van der Waals surface area contributed by atoms with E-state index in [1.54, 1.807) is 32.9 Å². The minimum Gasteiger partial charge on any atom is -0.508 e. The second kappa shape index (κ2) is 12.1. The predicted octanol–water partition coefficient (Wildman–Crippen LogP) is 3.11. The number of alkyl carbamates (subject to hydrolysis) is 1. The van der Waals surface area contributed by atoms with Gasteiger partial charge in [-0.25, -0.2) is 4.79 Å². The zero-order chi connectivity index (χ0) is 26.3. The molecule has 0 fully saturated rings. The maximum atomic E-state index is 13.8. The molecule has 192 valence electrons. The number of rotatable bonds is 9. The van der Waals surface area contributed by atoms with Crippen LogP contribution in [-0.4, -0.2) is 63.4 Å². The molecule has 3 atom stereocenters. The van der Waals surface area contributed by atoms with Crippen molar-refractivity contribution in [1.29, 1.82) is 0 Å². The Morgan fingerprint density at radius 2 is 1.62 bits per heavy atom. The van der Waals surface area contributed by atoms with Gasteiger partial charge in [-0.05, 0) is 65.2 Å². The van der Waals surface area contributed by atoms with E-state index in [4.69, 9.17) is 4.74 Å². The third-order valence-electron chi connectivity index (χ3n) is 5.04. The van der Waals surface area contributed by atoms with Gasteiger partial charge in [-0.2, -0.15) is 0 Å². The molecule has 9 heteroatoms. The fraction of sp³-hybridized carbons (Fsp3) is 0.640. The summed E-state index contributed by atoms with van der Waals surface area (Å²) in [6.45, 7) is 13.8. The smallest absolute Gasteiger partial charge is 0.408 e. The van der Waals surface area contributed by atoms with E-state index in [0.29, 0.717) is 12.0 Å². The number of nitrogens with zero attached hydrogens (tertiary/aromatic N) is 1. The van der Waals surface area contributed by atoms with E-state index in [2.05, 4.69) is 10.6 Å². The number of aliphatic hydroxyl groups is 1. The van der Waals surface area contributed by atoms with Gasteiger partial charge in [0.15, 0.2) is 0 Å². The van der Waals surface area contributed by atoms with Crippen LogP contribution < -0.4 is 10.6 Å². The Hall–Kier alpha value is -2.81. The van der Waals surface area contributed by atoms with Crippen LogP contribution in [0.3, 0.4) is 0 Å². The lowest BCUT2D eigenvalue weighted by Crippen LogP contribution is -2.56. The highest BCUT2D eigenvalue weighted by molar-refractivity contribution is 5.92. The van der Waals surface area contributed by atoms with Crippen molar-refractivity contribution in [3.63, 3.8) is 0 Å². The summed E-state index contributed by atoms with van der Waals surface area (Å²) in [5, 5.41) is 25.0. The molecule has 0 aromatic heterocycles. The van der Waals surface area contributed by atoms with Crippen LogP contribution in [0.5, 0.6) is 5.75 Å². The van der Waals surface area contributed by atoms with Gasteiger partial charge in [-0.3, -0.25) is 9.59 Å². The molecule has 1 rings (SSSR count). The summed E-state index contributed by atoms with van der Waals surface area (Å²) >= 11 is 0. The topological polar surface area (TPSA) is 128 Å². The molecule has 4 N–H and O–H groups in total. The zero-order valence-corrected chi connectivity index (χ0v) is 21.6. The maximum Gasteiger partial charge on any atom is 0.408 e. The van der Waals surface area contributed by atoms with Gasteiger partial charge in [0.1, 0.15) is 23.4 Å². The van der Waals surface area contributed by atoms with Gasteiger partial charge in [-0.15, -0.1) is 0 Å². The van der Waals surface area contributed by atoms with Crippen molar-refractivity contribution in [3.05, 3.63) is 29.8 Å². The van der Waals surface area contributed by atoms with Crippen molar-refractivity contribution in [2.45, 2.75) is 85.0 Å². The van der Waals surface area contributed by atoms with Gasteiger partial charge in [0, 0.05) is 12.1 Å². The van der Waals surface area contributed by atoms with E-state index in [1.807, 2.05) is 34.6 Å². The molecule has 3 unspecified atom stereocenters. The summed E-state index contributed by atoms with van der Waals surface area (Å²) in [6, 6.07) is 3.90. The Morgan fingerprint density at radius 1 is 1.06 bits per heavy atom. The fourth-order valence-corrected chi connectivity index (χ4v) is 3.34. The molecule has 3 amide bonds. The van der Waals surface area contributed by atoms with Gasteiger partial charge in [0.25, 0.3) is 0 Å². The number of amides is 3. The first-order chi connectivity index (χ1) is 15.6. The fourth-order valence-electron chi connectivity index (χ4n) is 3.34. The van der Waals surface area contributed by atoms with Gasteiger partial charge in [-0.1, -0.05) is 32.4 Å². The van der Waals surface area contributed by atoms with Crippen LogP contribution in [0.4, 0.5) is 4.79 Å². The van der Waals surface area contributed by atoms with E-state index in [0.717, 1.165) is 0 Å². The molecule has 0 aliphatic heterocycles. The Balaban J connectivity index is 3.46. The standard InChI is InChI=1S/C25H41N3O6/c1-9-16(2)19(26-23(33)34-25(6,7)8)22(32)28(14-15-29)20(21(31)27-24(3,4)5)17-10-12-18(30)13-11-17/h10-13,16,19-20,29-30H,9,14-15H2,1-8H3,(H,26,33)(H,27,31). The number of carbonyl (C=O) groups is 3. The minimum absolute atomic E-state index is 0.0165. The van der Waals surface area contributed by atoms with Crippen LogP contribution in [0.25, 0.3) is 0 Å². The van der Waals surface area contributed by atoms with Crippen molar-refractivity contribution in [1.82, 2.24) is 15.5 Å². The first kappa shape index (κ1) is 29.2. The summed E-state index contributed by atoms with van der Waals surface area (Å²) in [5.74, 6) is -1.22. The number of hydrogen-bond donors (Lipinski definition) is 4. The van der Waals surface area contributed by atoms with Crippen molar-refractivity contribution in [3.8, 4) is 5.75 Å². The number of phenols is 1. The number of aromatic hydroxyl groups is 1. The van der Waals surface area contributed by atoms with Gasteiger partial charge in [0.2, 0.25) is 11.8 Å². The van der Waals surface area contributed by atoms with Crippen LogP contribution in [-0.2, 0) is 14.3 Å². The Labute approximate surface area is 202 Å². The summed E-state index contributed by atoms with van der Waals surface area (Å²) in [5.41, 5.74) is -0.869. The Morgan fingerprint density at radius 3 is 2.06 bits per heavy atom. The lowest BCUT2D eigenvalue weighted by Gasteiger charge is -2.37. The Bertz CT molecular complexity index is 827. The van der Waals surface area contributed by atoms with Gasteiger partial charge < -0.3 is 30.5 Å². The van der Waals surface area contributed by atoms with Gasteiger partial charge in [0.05, 0.1) is 6.61 Å². The molecule has 0 saturated heterocycles. The molecule has 34 heavy (non-hydrogen) atoms. The monoisotopic (exact) mass is 479 g/mol. The number of phenolic OH excluding ortho intramolecular Hbond substituents is 1. The van der Waals surface area contributed by atoms with Crippen LogP contribution in [0, 0.1) is 5.92 Å². The first-order valence-electron chi connectivity index (χ1n) is 11.6. The summed E-state index contributed by atoms with van der Waals surface area (Å²) < 4.78 is 5.35. The molecule has 0 aliphatic carbocycles. The normalized spacial score (nSPS) is 14.5. The first-order valence-corrected chi connectivity index (χ1v) is 11.6. The lowest BCUT2D eigenvalue weighted by molar-refractivity contribution is -0.144. The quantitative estimate of drug-likeness (QED) is 0.431. The highest BCUT2D eigenvalue weighted by atomic mass is 16.6. The molecule has 0 heterocycles. The van der Waals surface area contributed by atoms with E-state index in [-0.39, 0.29) is 24.8 Å². The Kier molecular flexibility index (Phi) is 10.4. The highest BCUT2D eigenvalue weighted by Crippen LogP contribution is 2.26. The number of hydrogen-bond acceptors (Lipinski definition) is 6. The highest BCUT2D eigenvalue weighted by Gasteiger charge is 2.38. The predicted molar refractivity (Wildman–Crippen MR) is 130 cm³/mol. The minimum atomic E-state index is -1.09. The molecule has 0 aliphatic rings. The lowest BCUT2D eigenvalue weighted by atomic mass is 9.95. The second-order valence-electron chi connectivity index (χ2n) is 10.5. The molecule has 0 spiro atoms. The largest absolute Gasteiger partial charge is 0.508 e.